The Morgan fingerprint density at radius 2 is 1.97 bits per heavy atom. The van der Waals surface area contributed by atoms with Crippen LogP contribution in [0, 0.1) is 11.7 Å². The summed E-state index contributed by atoms with van der Waals surface area (Å²) in [5.41, 5.74) is 3.31. The van der Waals surface area contributed by atoms with Crippen molar-refractivity contribution in [1.82, 2.24) is 10.0 Å². The highest BCUT2D eigenvalue weighted by molar-refractivity contribution is 7.89. The quantitative estimate of drug-likeness (QED) is 0.503. The molecule has 0 radical (unpaired) electrons. The highest BCUT2D eigenvalue weighted by atomic mass is 35.5. The van der Waals surface area contributed by atoms with Crippen LogP contribution in [0.4, 0.5) is 4.39 Å². The molecule has 1 saturated carbocycles. The minimum Gasteiger partial charge on any atom is -0.492 e. The summed E-state index contributed by atoms with van der Waals surface area (Å²) >= 11 is 6.07. The van der Waals surface area contributed by atoms with Crippen molar-refractivity contribution in [2.24, 2.45) is 5.92 Å². The number of fused-ring (bicyclic) bond motifs is 1. The van der Waals surface area contributed by atoms with E-state index in [0.717, 1.165) is 31.2 Å². The van der Waals surface area contributed by atoms with Crippen LogP contribution in [0.1, 0.15) is 41.9 Å². The Bertz CT molecular complexity index is 1040. The number of sulfonamides is 1. The molecule has 32 heavy (non-hydrogen) atoms. The molecule has 0 aromatic heterocycles. The van der Waals surface area contributed by atoms with E-state index in [4.69, 9.17) is 16.3 Å². The molecule has 1 fully saturated rings. The van der Waals surface area contributed by atoms with Gasteiger partial charge in [-0.25, -0.2) is 17.5 Å². The topological polar surface area (TPSA) is 67.4 Å². The predicted octanol–water partition coefficient (Wildman–Crippen LogP) is 4.05. The van der Waals surface area contributed by atoms with Gasteiger partial charge in [0.25, 0.3) is 0 Å². The van der Waals surface area contributed by atoms with Gasteiger partial charge in [-0.1, -0.05) is 17.7 Å². The van der Waals surface area contributed by atoms with E-state index < -0.39 is 10.0 Å². The van der Waals surface area contributed by atoms with Crippen LogP contribution in [-0.4, -0.2) is 40.4 Å². The van der Waals surface area contributed by atoms with Crippen LogP contribution in [-0.2, 0) is 22.9 Å². The second-order valence-electron chi connectivity index (χ2n) is 8.85. The molecule has 8 heteroatoms. The molecule has 0 amide bonds. The number of hydrogen-bond donors (Lipinski definition) is 2. The lowest BCUT2D eigenvalue weighted by Crippen LogP contribution is -2.37. The number of rotatable bonds is 10. The number of nitrogens with one attached hydrogen (secondary N) is 2. The number of aryl methyl sites for hydroxylation is 1. The Morgan fingerprint density at radius 1 is 1.16 bits per heavy atom. The standard InChI is InChI=1S/C24H30ClFN2O3S/c1-27-24-7-5-18-4-6-21(31-9-8-28-32(29,30)15-16-2-3-16)14-22(18)23(24)12-17-10-19(25)13-20(26)11-17/h4,6,10-11,13-14,16,23-24,27-28H,2-3,5,7-9,12,15H2,1H3. The molecule has 2 aromatic carbocycles. The first kappa shape index (κ1) is 23.5. The molecule has 5 nitrogen and oxygen atoms in total. The lowest BCUT2D eigenvalue weighted by atomic mass is 9.76. The summed E-state index contributed by atoms with van der Waals surface area (Å²) in [6.07, 6.45) is 4.63. The van der Waals surface area contributed by atoms with Crippen LogP contribution in [0.25, 0.3) is 0 Å². The van der Waals surface area contributed by atoms with E-state index in [1.165, 1.54) is 17.2 Å². The molecule has 0 saturated heterocycles. The molecular formula is C24H30ClFN2O3S. The van der Waals surface area contributed by atoms with Crippen LogP contribution in [0.5, 0.6) is 5.75 Å². The van der Waals surface area contributed by atoms with Gasteiger partial charge in [0.05, 0.1) is 5.75 Å². The maximum absolute atomic E-state index is 13.9. The van der Waals surface area contributed by atoms with Gasteiger partial charge in [-0.15, -0.1) is 0 Å². The van der Waals surface area contributed by atoms with Gasteiger partial charge >= 0.3 is 0 Å². The Balaban J connectivity index is 1.44. The van der Waals surface area contributed by atoms with Crippen molar-refractivity contribution in [1.29, 1.82) is 0 Å². The monoisotopic (exact) mass is 480 g/mol. The first-order valence-corrected chi connectivity index (χ1v) is 13.2. The summed E-state index contributed by atoms with van der Waals surface area (Å²) in [4.78, 5) is 0. The van der Waals surface area contributed by atoms with E-state index in [-0.39, 0.29) is 36.7 Å². The number of ether oxygens (including phenoxy) is 1. The van der Waals surface area contributed by atoms with Crippen LogP contribution < -0.4 is 14.8 Å². The van der Waals surface area contributed by atoms with Crippen LogP contribution in [0.15, 0.2) is 36.4 Å². The van der Waals surface area contributed by atoms with E-state index in [9.17, 15) is 12.8 Å². The lowest BCUT2D eigenvalue weighted by molar-refractivity contribution is 0.320. The molecule has 4 rings (SSSR count). The number of benzene rings is 2. The molecule has 2 aliphatic rings. The first-order chi connectivity index (χ1) is 15.3. The average Bonchev–Trinajstić information content (AvgIpc) is 3.54. The summed E-state index contributed by atoms with van der Waals surface area (Å²) in [5, 5.41) is 3.81. The lowest BCUT2D eigenvalue weighted by Gasteiger charge is -2.34. The smallest absolute Gasteiger partial charge is 0.211 e. The van der Waals surface area contributed by atoms with E-state index in [0.29, 0.717) is 23.1 Å². The minimum absolute atomic E-state index is 0.155. The Hall–Kier alpha value is -1.67. The normalized spacial score (nSPS) is 20.7. The molecule has 2 atom stereocenters. The Morgan fingerprint density at radius 3 is 2.69 bits per heavy atom. The van der Waals surface area contributed by atoms with Crippen molar-refractivity contribution in [2.75, 3.05) is 26.0 Å². The van der Waals surface area contributed by atoms with Crippen LogP contribution in [0.2, 0.25) is 5.02 Å². The molecule has 0 heterocycles. The Kier molecular flexibility index (Phi) is 7.40. The number of hydrogen-bond acceptors (Lipinski definition) is 4. The van der Waals surface area contributed by atoms with Gasteiger partial charge in [0.1, 0.15) is 18.2 Å². The van der Waals surface area contributed by atoms with Crippen molar-refractivity contribution in [3.8, 4) is 5.75 Å². The van der Waals surface area contributed by atoms with Crippen molar-refractivity contribution in [3.63, 3.8) is 0 Å². The van der Waals surface area contributed by atoms with Crippen molar-refractivity contribution in [3.05, 3.63) is 63.9 Å². The van der Waals surface area contributed by atoms with Crippen LogP contribution >= 0.6 is 11.6 Å². The number of halogens is 2. The highest BCUT2D eigenvalue weighted by Crippen LogP contribution is 2.37. The Labute approximate surface area is 194 Å². The maximum atomic E-state index is 13.9. The molecule has 2 aliphatic carbocycles. The fourth-order valence-electron chi connectivity index (χ4n) is 4.56. The first-order valence-electron chi connectivity index (χ1n) is 11.2. The van der Waals surface area contributed by atoms with E-state index in [2.05, 4.69) is 16.1 Å². The van der Waals surface area contributed by atoms with Gasteiger partial charge in [0, 0.05) is 23.5 Å². The van der Waals surface area contributed by atoms with Gasteiger partial charge in [0.15, 0.2) is 0 Å². The zero-order valence-electron chi connectivity index (χ0n) is 18.2. The summed E-state index contributed by atoms with van der Waals surface area (Å²) in [7, 11) is -1.27. The zero-order valence-corrected chi connectivity index (χ0v) is 19.8. The molecule has 2 unspecified atom stereocenters. The molecule has 174 valence electrons. The van der Waals surface area contributed by atoms with Gasteiger partial charge in [0.2, 0.25) is 10.0 Å². The fourth-order valence-corrected chi connectivity index (χ4v) is 6.28. The molecule has 2 aromatic rings. The van der Waals surface area contributed by atoms with Crippen molar-refractivity contribution >= 4 is 21.6 Å². The van der Waals surface area contributed by atoms with E-state index in [1.54, 1.807) is 6.07 Å². The highest BCUT2D eigenvalue weighted by Gasteiger charge is 2.30. The van der Waals surface area contributed by atoms with Gasteiger partial charge in [-0.05, 0) is 92.1 Å². The van der Waals surface area contributed by atoms with Gasteiger partial charge in [-0.3, -0.25) is 0 Å². The third-order valence-corrected chi connectivity index (χ3v) is 8.09. The largest absolute Gasteiger partial charge is 0.492 e. The van der Waals surface area contributed by atoms with E-state index in [1.807, 2.05) is 25.2 Å². The summed E-state index contributed by atoms with van der Waals surface area (Å²) in [6, 6.07) is 11.0. The van der Waals surface area contributed by atoms with Crippen molar-refractivity contribution < 1.29 is 17.5 Å². The summed E-state index contributed by atoms with van der Waals surface area (Å²) < 4.78 is 46.4. The minimum atomic E-state index is -3.23. The number of likely N-dealkylation sites (N-methyl/N-ethyl adjacent to an activating group) is 1. The molecular weight excluding hydrogens is 451 g/mol. The van der Waals surface area contributed by atoms with Crippen LogP contribution in [0.3, 0.4) is 0 Å². The second-order valence-corrected chi connectivity index (χ2v) is 11.1. The SMILES string of the molecule is CNC1CCc2ccc(OCCNS(=O)(=O)CC3CC3)cc2C1Cc1cc(F)cc(Cl)c1. The third kappa shape index (κ3) is 6.22. The summed E-state index contributed by atoms with van der Waals surface area (Å²) in [6.45, 7) is 0.513. The fraction of sp³-hybridized carbons (Fsp3) is 0.500. The maximum Gasteiger partial charge on any atom is 0.211 e. The molecule has 0 aliphatic heterocycles. The molecule has 0 spiro atoms. The second kappa shape index (κ2) is 10.1. The third-order valence-electron chi connectivity index (χ3n) is 6.32. The summed E-state index contributed by atoms with van der Waals surface area (Å²) in [5.74, 6) is 1.07. The van der Waals surface area contributed by atoms with Gasteiger partial charge in [-0.2, -0.15) is 0 Å². The van der Waals surface area contributed by atoms with Gasteiger partial charge < -0.3 is 10.1 Å². The van der Waals surface area contributed by atoms with Crippen molar-refractivity contribution in [2.45, 2.75) is 44.1 Å². The predicted molar refractivity (Wildman–Crippen MR) is 125 cm³/mol. The van der Waals surface area contributed by atoms with E-state index >= 15 is 0 Å². The average molecular weight is 481 g/mol. The molecule has 0 bridgehead atoms. The molecule has 2 N–H and O–H groups in total. The zero-order chi connectivity index (χ0) is 22.7.